The number of hydrogen-bond donors (Lipinski definition) is 1. The van der Waals surface area contributed by atoms with Gasteiger partial charge in [-0.3, -0.25) is 0 Å². The number of para-hydroxylation sites is 1. The van der Waals surface area contributed by atoms with Crippen LogP contribution in [0.3, 0.4) is 0 Å². The number of benzene rings is 1. The van der Waals surface area contributed by atoms with E-state index in [0.29, 0.717) is 19.7 Å². The molecule has 0 bridgehead atoms. The molecule has 0 radical (unpaired) electrons. The van der Waals surface area contributed by atoms with Crippen molar-refractivity contribution in [3.63, 3.8) is 0 Å². The van der Waals surface area contributed by atoms with E-state index in [1.807, 2.05) is 25.1 Å². The Balaban J connectivity index is 1.62. The molecule has 1 aromatic carbocycles. The van der Waals surface area contributed by atoms with Crippen molar-refractivity contribution in [2.75, 3.05) is 37.7 Å². The van der Waals surface area contributed by atoms with Crippen molar-refractivity contribution in [1.82, 2.24) is 19.9 Å². The molecule has 1 saturated heterocycles. The maximum Gasteiger partial charge on any atom is 0.409 e. The van der Waals surface area contributed by atoms with Gasteiger partial charge in [-0.2, -0.15) is 0 Å². The molecule has 7 nitrogen and oxygen atoms in total. The zero-order chi connectivity index (χ0) is 16.5. The third-order valence-corrected chi connectivity index (χ3v) is 4.37. The van der Waals surface area contributed by atoms with Crippen LogP contribution in [0.15, 0.2) is 30.6 Å². The van der Waals surface area contributed by atoms with E-state index in [1.54, 1.807) is 11.2 Å². The Labute approximate surface area is 139 Å². The molecule has 0 spiro atoms. The topological polar surface area (TPSA) is 74.3 Å². The van der Waals surface area contributed by atoms with Gasteiger partial charge in [-0.1, -0.05) is 18.2 Å². The number of nitrogens with one attached hydrogen (secondary N) is 1. The molecule has 0 unspecified atom stereocenters. The third-order valence-electron chi connectivity index (χ3n) is 4.37. The molecule has 124 valence electrons. The molecule has 7 heteroatoms. The predicted octanol–water partition coefficient (Wildman–Crippen LogP) is 2.39. The smallest absolute Gasteiger partial charge is 0.409 e. The highest BCUT2D eigenvalue weighted by Crippen LogP contribution is 2.29. The van der Waals surface area contributed by atoms with Gasteiger partial charge in [0.2, 0.25) is 0 Å². The minimum Gasteiger partial charge on any atom is -0.450 e. The number of aromatic nitrogens is 3. The van der Waals surface area contributed by atoms with E-state index >= 15 is 0 Å². The van der Waals surface area contributed by atoms with Gasteiger partial charge in [0.15, 0.2) is 5.82 Å². The second-order valence-electron chi connectivity index (χ2n) is 5.76. The summed E-state index contributed by atoms with van der Waals surface area (Å²) in [5.74, 6) is 0.889. The van der Waals surface area contributed by atoms with Crippen LogP contribution in [0.4, 0.5) is 10.6 Å². The van der Waals surface area contributed by atoms with E-state index in [0.717, 1.165) is 40.8 Å². The standard InChI is InChI=1S/C17H19N5O2/c1-2-24-17(23)22-9-7-21(8-10-22)16-15-14(18-11-19-16)12-5-3-4-6-13(12)20-15/h3-6,11,20H,2,7-10H2,1H3. The molecule has 1 amide bonds. The van der Waals surface area contributed by atoms with Gasteiger partial charge < -0.3 is 19.5 Å². The van der Waals surface area contributed by atoms with Crippen LogP contribution in [-0.4, -0.2) is 58.7 Å². The van der Waals surface area contributed by atoms with Crippen LogP contribution in [0.5, 0.6) is 0 Å². The molecule has 1 N–H and O–H groups in total. The van der Waals surface area contributed by atoms with Crippen LogP contribution in [-0.2, 0) is 4.74 Å². The number of carbonyl (C=O) groups excluding carboxylic acids is 1. The predicted molar refractivity (Wildman–Crippen MR) is 92.2 cm³/mol. The second-order valence-corrected chi connectivity index (χ2v) is 5.76. The summed E-state index contributed by atoms with van der Waals surface area (Å²) in [6.07, 6.45) is 1.37. The fourth-order valence-electron chi connectivity index (χ4n) is 3.18. The normalized spacial score (nSPS) is 15.2. The van der Waals surface area contributed by atoms with Crippen LogP contribution < -0.4 is 4.90 Å². The molecule has 2 aromatic heterocycles. The lowest BCUT2D eigenvalue weighted by atomic mass is 10.2. The van der Waals surface area contributed by atoms with Crippen molar-refractivity contribution in [3.8, 4) is 0 Å². The van der Waals surface area contributed by atoms with E-state index in [9.17, 15) is 4.79 Å². The molecule has 1 aliphatic heterocycles. The number of aromatic amines is 1. The first-order chi connectivity index (χ1) is 11.8. The average Bonchev–Trinajstić information content (AvgIpc) is 3.01. The Morgan fingerprint density at radius 1 is 1.21 bits per heavy atom. The van der Waals surface area contributed by atoms with Gasteiger partial charge in [-0.25, -0.2) is 14.8 Å². The van der Waals surface area contributed by atoms with Gasteiger partial charge in [0.25, 0.3) is 0 Å². The van der Waals surface area contributed by atoms with Crippen LogP contribution in [0.1, 0.15) is 6.92 Å². The van der Waals surface area contributed by atoms with Crippen molar-refractivity contribution in [2.45, 2.75) is 6.92 Å². The SMILES string of the molecule is CCOC(=O)N1CCN(c2ncnc3c2[nH]c2ccccc23)CC1. The van der Waals surface area contributed by atoms with Gasteiger partial charge in [0, 0.05) is 37.1 Å². The fraction of sp³-hybridized carbons (Fsp3) is 0.353. The number of rotatable bonds is 2. The highest BCUT2D eigenvalue weighted by molar-refractivity contribution is 6.08. The summed E-state index contributed by atoms with van der Waals surface area (Å²) in [7, 11) is 0. The average molecular weight is 325 g/mol. The Bertz CT molecular complexity index is 883. The molecule has 0 aliphatic carbocycles. The quantitative estimate of drug-likeness (QED) is 0.783. The van der Waals surface area contributed by atoms with Gasteiger partial charge in [0.1, 0.15) is 17.4 Å². The summed E-state index contributed by atoms with van der Waals surface area (Å²) < 4.78 is 5.07. The summed E-state index contributed by atoms with van der Waals surface area (Å²) in [5, 5.41) is 1.10. The Morgan fingerprint density at radius 2 is 2.00 bits per heavy atom. The minimum absolute atomic E-state index is 0.240. The van der Waals surface area contributed by atoms with Crippen molar-refractivity contribution < 1.29 is 9.53 Å². The number of amides is 1. The summed E-state index contributed by atoms with van der Waals surface area (Å²) in [6, 6.07) is 8.11. The molecule has 3 heterocycles. The Kier molecular flexibility index (Phi) is 3.68. The van der Waals surface area contributed by atoms with Crippen molar-refractivity contribution in [3.05, 3.63) is 30.6 Å². The number of carbonyl (C=O) groups is 1. The zero-order valence-corrected chi connectivity index (χ0v) is 13.5. The second kappa shape index (κ2) is 5.99. The van der Waals surface area contributed by atoms with Gasteiger partial charge in [-0.15, -0.1) is 0 Å². The first-order valence-corrected chi connectivity index (χ1v) is 8.16. The van der Waals surface area contributed by atoms with Gasteiger partial charge >= 0.3 is 6.09 Å². The van der Waals surface area contributed by atoms with E-state index < -0.39 is 0 Å². The summed E-state index contributed by atoms with van der Waals surface area (Å²) in [6.45, 7) is 4.93. The number of anilines is 1. The lowest BCUT2D eigenvalue weighted by Crippen LogP contribution is -2.49. The van der Waals surface area contributed by atoms with Crippen LogP contribution in [0, 0.1) is 0 Å². The lowest BCUT2D eigenvalue weighted by Gasteiger charge is -2.34. The monoisotopic (exact) mass is 325 g/mol. The maximum atomic E-state index is 11.8. The zero-order valence-electron chi connectivity index (χ0n) is 13.5. The lowest BCUT2D eigenvalue weighted by molar-refractivity contribution is 0.105. The highest BCUT2D eigenvalue weighted by atomic mass is 16.6. The number of ether oxygens (including phenoxy) is 1. The molecule has 24 heavy (non-hydrogen) atoms. The number of piperazine rings is 1. The van der Waals surface area contributed by atoms with Crippen molar-refractivity contribution in [2.24, 2.45) is 0 Å². The number of hydrogen-bond acceptors (Lipinski definition) is 5. The Hall–Kier alpha value is -2.83. The molecule has 4 rings (SSSR count). The number of fused-ring (bicyclic) bond motifs is 3. The first kappa shape index (κ1) is 14.7. The minimum atomic E-state index is -0.240. The Morgan fingerprint density at radius 3 is 2.79 bits per heavy atom. The number of nitrogens with zero attached hydrogens (tertiary/aromatic N) is 4. The van der Waals surface area contributed by atoms with Crippen molar-refractivity contribution >= 4 is 33.8 Å². The van der Waals surface area contributed by atoms with Crippen LogP contribution in [0.25, 0.3) is 21.9 Å². The molecule has 1 aliphatic rings. The molecular formula is C17H19N5O2. The molecule has 0 saturated carbocycles. The fourth-order valence-corrected chi connectivity index (χ4v) is 3.18. The molecule has 3 aromatic rings. The summed E-state index contributed by atoms with van der Waals surface area (Å²) in [5.41, 5.74) is 2.94. The third kappa shape index (κ3) is 2.42. The van der Waals surface area contributed by atoms with Gasteiger partial charge in [0.05, 0.1) is 6.61 Å². The van der Waals surface area contributed by atoms with E-state index in [1.165, 1.54) is 0 Å². The van der Waals surface area contributed by atoms with E-state index in [2.05, 4.69) is 25.9 Å². The summed E-state index contributed by atoms with van der Waals surface area (Å²) >= 11 is 0. The highest BCUT2D eigenvalue weighted by Gasteiger charge is 2.24. The van der Waals surface area contributed by atoms with Crippen LogP contribution >= 0.6 is 0 Å². The maximum absolute atomic E-state index is 11.8. The van der Waals surface area contributed by atoms with Crippen LogP contribution in [0.2, 0.25) is 0 Å². The summed E-state index contributed by atoms with van der Waals surface area (Å²) in [4.78, 5) is 28.1. The first-order valence-electron chi connectivity index (χ1n) is 8.16. The molecule has 1 fully saturated rings. The molecule has 0 atom stereocenters. The largest absolute Gasteiger partial charge is 0.450 e. The van der Waals surface area contributed by atoms with Gasteiger partial charge in [-0.05, 0) is 13.0 Å². The number of H-pyrrole nitrogens is 1. The molecular weight excluding hydrogens is 306 g/mol. The van der Waals surface area contributed by atoms with Crippen molar-refractivity contribution in [1.29, 1.82) is 0 Å². The van der Waals surface area contributed by atoms with E-state index in [4.69, 9.17) is 4.74 Å². The van der Waals surface area contributed by atoms with E-state index in [-0.39, 0.29) is 6.09 Å².